The zero-order chi connectivity index (χ0) is 12.3. The molecule has 2 heteroatoms. The van der Waals surface area contributed by atoms with Gasteiger partial charge in [-0.2, -0.15) is 0 Å². The Hall–Kier alpha value is -1.02. The Balaban J connectivity index is 2.24. The minimum atomic E-state index is 0.499. The van der Waals surface area contributed by atoms with E-state index in [4.69, 9.17) is 4.74 Å². The zero-order valence-electron chi connectivity index (χ0n) is 11.1. The van der Waals surface area contributed by atoms with Crippen LogP contribution < -0.4 is 10.1 Å². The van der Waals surface area contributed by atoms with Gasteiger partial charge in [0.1, 0.15) is 5.75 Å². The van der Waals surface area contributed by atoms with Crippen molar-refractivity contribution in [1.29, 1.82) is 0 Å². The van der Waals surface area contributed by atoms with Gasteiger partial charge in [-0.15, -0.1) is 0 Å². The van der Waals surface area contributed by atoms with E-state index in [1.54, 1.807) is 0 Å². The minimum absolute atomic E-state index is 0.499. The summed E-state index contributed by atoms with van der Waals surface area (Å²) in [5.74, 6) is 1.72. The van der Waals surface area contributed by atoms with Crippen LogP contribution in [-0.2, 0) is 6.42 Å². The lowest BCUT2D eigenvalue weighted by Gasteiger charge is -2.28. The van der Waals surface area contributed by atoms with Gasteiger partial charge in [0.2, 0.25) is 0 Å². The quantitative estimate of drug-likeness (QED) is 0.861. The Bertz CT molecular complexity index is 373. The molecule has 0 amide bonds. The maximum absolute atomic E-state index is 5.60. The highest BCUT2D eigenvalue weighted by molar-refractivity contribution is 5.39. The van der Waals surface area contributed by atoms with Crippen molar-refractivity contribution < 1.29 is 4.74 Å². The van der Waals surface area contributed by atoms with Crippen LogP contribution in [-0.4, -0.2) is 13.2 Å². The average molecular weight is 233 g/mol. The van der Waals surface area contributed by atoms with Crippen LogP contribution in [0.2, 0.25) is 0 Å². The highest BCUT2D eigenvalue weighted by Crippen LogP contribution is 2.30. The normalized spacial score (nSPS) is 19.2. The summed E-state index contributed by atoms with van der Waals surface area (Å²) in [4.78, 5) is 0. The molecule has 1 heterocycles. The summed E-state index contributed by atoms with van der Waals surface area (Å²) in [5, 5.41) is 3.62. The van der Waals surface area contributed by atoms with E-state index in [-0.39, 0.29) is 0 Å². The van der Waals surface area contributed by atoms with Gasteiger partial charge in [-0.1, -0.05) is 19.9 Å². The molecule has 2 rings (SSSR count). The van der Waals surface area contributed by atoms with E-state index in [1.165, 1.54) is 17.5 Å². The largest absolute Gasteiger partial charge is 0.494 e. The van der Waals surface area contributed by atoms with Crippen molar-refractivity contribution in [3.8, 4) is 5.75 Å². The van der Waals surface area contributed by atoms with Crippen molar-refractivity contribution in [2.45, 2.75) is 39.7 Å². The Morgan fingerprint density at radius 3 is 2.94 bits per heavy atom. The van der Waals surface area contributed by atoms with Crippen LogP contribution in [0.1, 0.15) is 44.4 Å². The fraction of sp³-hybridized carbons (Fsp3) is 0.600. The molecule has 0 fully saturated rings. The van der Waals surface area contributed by atoms with E-state index >= 15 is 0 Å². The molecule has 0 aromatic heterocycles. The molecule has 1 aromatic carbocycles. The highest BCUT2D eigenvalue weighted by atomic mass is 16.5. The average Bonchev–Trinajstić information content (AvgIpc) is 2.29. The molecule has 0 radical (unpaired) electrons. The Morgan fingerprint density at radius 1 is 1.41 bits per heavy atom. The van der Waals surface area contributed by atoms with Gasteiger partial charge in [-0.3, -0.25) is 0 Å². The summed E-state index contributed by atoms with van der Waals surface area (Å²) in [6.07, 6.45) is 2.33. The van der Waals surface area contributed by atoms with Crippen LogP contribution in [0.15, 0.2) is 18.2 Å². The standard InChI is InChI=1S/C15H23NO/c1-4-17-13-6-5-12-7-8-16-15(9-11(2)3)14(12)10-13/h5-6,10-11,15-16H,4,7-9H2,1-3H3. The smallest absolute Gasteiger partial charge is 0.119 e. The molecule has 1 aromatic rings. The molecule has 0 spiro atoms. The predicted molar refractivity (Wildman–Crippen MR) is 71.5 cm³/mol. The summed E-state index contributed by atoms with van der Waals surface area (Å²) >= 11 is 0. The lowest BCUT2D eigenvalue weighted by atomic mass is 9.89. The van der Waals surface area contributed by atoms with Crippen LogP contribution >= 0.6 is 0 Å². The van der Waals surface area contributed by atoms with Gasteiger partial charge in [-0.05, 0) is 55.5 Å². The molecule has 0 aliphatic carbocycles. The zero-order valence-corrected chi connectivity index (χ0v) is 11.1. The van der Waals surface area contributed by atoms with Gasteiger partial charge in [0, 0.05) is 6.04 Å². The molecule has 94 valence electrons. The summed E-state index contributed by atoms with van der Waals surface area (Å²) < 4.78 is 5.60. The molecule has 1 atom stereocenters. The number of hydrogen-bond acceptors (Lipinski definition) is 2. The van der Waals surface area contributed by atoms with Crippen LogP contribution in [0, 0.1) is 5.92 Å². The monoisotopic (exact) mass is 233 g/mol. The summed E-state index contributed by atoms with van der Waals surface area (Å²) in [5.41, 5.74) is 2.92. The third kappa shape index (κ3) is 3.01. The molecular formula is C15H23NO. The first-order chi connectivity index (χ1) is 8.20. The van der Waals surface area contributed by atoms with Crippen molar-refractivity contribution in [1.82, 2.24) is 5.32 Å². The molecule has 0 saturated carbocycles. The third-order valence-electron chi connectivity index (χ3n) is 3.30. The van der Waals surface area contributed by atoms with Crippen molar-refractivity contribution in [3.63, 3.8) is 0 Å². The Morgan fingerprint density at radius 2 is 2.24 bits per heavy atom. The lowest BCUT2D eigenvalue weighted by Crippen LogP contribution is -2.30. The van der Waals surface area contributed by atoms with E-state index in [0.717, 1.165) is 25.3 Å². The summed E-state index contributed by atoms with van der Waals surface area (Å²) in [6.45, 7) is 8.42. The molecule has 1 unspecified atom stereocenters. The minimum Gasteiger partial charge on any atom is -0.494 e. The molecule has 0 saturated heterocycles. The molecule has 17 heavy (non-hydrogen) atoms. The van der Waals surface area contributed by atoms with E-state index in [1.807, 2.05) is 6.92 Å². The van der Waals surface area contributed by atoms with Crippen molar-refractivity contribution in [3.05, 3.63) is 29.3 Å². The first-order valence-corrected chi connectivity index (χ1v) is 6.69. The molecule has 1 aliphatic rings. The lowest BCUT2D eigenvalue weighted by molar-refractivity contribution is 0.337. The van der Waals surface area contributed by atoms with Gasteiger partial charge in [0.25, 0.3) is 0 Å². The molecule has 1 aliphatic heterocycles. The Labute approximate surface area is 104 Å². The van der Waals surface area contributed by atoms with Gasteiger partial charge in [0.15, 0.2) is 0 Å². The number of ether oxygens (including phenoxy) is 1. The maximum Gasteiger partial charge on any atom is 0.119 e. The second-order valence-corrected chi connectivity index (χ2v) is 5.18. The summed E-state index contributed by atoms with van der Waals surface area (Å²) in [6, 6.07) is 7.05. The van der Waals surface area contributed by atoms with Crippen LogP contribution in [0.25, 0.3) is 0 Å². The second kappa shape index (κ2) is 5.54. The van der Waals surface area contributed by atoms with Crippen LogP contribution in [0.5, 0.6) is 5.75 Å². The van der Waals surface area contributed by atoms with E-state index in [0.29, 0.717) is 12.0 Å². The van der Waals surface area contributed by atoms with E-state index < -0.39 is 0 Å². The number of nitrogens with one attached hydrogen (secondary N) is 1. The van der Waals surface area contributed by atoms with Crippen molar-refractivity contribution >= 4 is 0 Å². The third-order valence-corrected chi connectivity index (χ3v) is 3.30. The van der Waals surface area contributed by atoms with E-state index in [2.05, 4.69) is 37.4 Å². The predicted octanol–water partition coefficient (Wildman–Crippen LogP) is 3.32. The number of benzene rings is 1. The van der Waals surface area contributed by atoms with E-state index in [9.17, 15) is 0 Å². The number of hydrogen-bond donors (Lipinski definition) is 1. The number of rotatable bonds is 4. The number of fused-ring (bicyclic) bond motifs is 1. The second-order valence-electron chi connectivity index (χ2n) is 5.18. The molecule has 1 N–H and O–H groups in total. The Kier molecular flexibility index (Phi) is 4.06. The summed E-state index contributed by atoms with van der Waals surface area (Å²) in [7, 11) is 0. The van der Waals surface area contributed by atoms with Gasteiger partial charge >= 0.3 is 0 Å². The fourth-order valence-electron chi connectivity index (χ4n) is 2.55. The SMILES string of the molecule is CCOc1ccc2c(c1)C(CC(C)C)NCC2. The molecule has 0 bridgehead atoms. The van der Waals surface area contributed by atoms with Crippen molar-refractivity contribution in [2.24, 2.45) is 5.92 Å². The highest BCUT2D eigenvalue weighted by Gasteiger charge is 2.20. The van der Waals surface area contributed by atoms with Gasteiger partial charge in [0.05, 0.1) is 6.61 Å². The first kappa shape index (κ1) is 12.4. The maximum atomic E-state index is 5.60. The van der Waals surface area contributed by atoms with Crippen LogP contribution in [0.4, 0.5) is 0 Å². The fourth-order valence-corrected chi connectivity index (χ4v) is 2.55. The molecule has 2 nitrogen and oxygen atoms in total. The molecular weight excluding hydrogens is 210 g/mol. The van der Waals surface area contributed by atoms with Crippen LogP contribution in [0.3, 0.4) is 0 Å². The van der Waals surface area contributed by atoms with Gasteiger partial charge in [-0.25, -0.2) is 0 Å². The van der Waals surface area contributed by atoms with Gasteiger partial charge < -0.3 is 10.1 Å². The first-order valence-electron chi connectivity index (χ1n) is 6.69. The van der Waals surface area contributed by atoms with Crippen molar-refractivity contribution in [2.75, 3.05) is 13.2 Å². The topological polar surface area (TPSA) is 21.3 Å².